The summed E-state index contributed by atoms with van der Waals surface area (Å²) >= 11 is 5.73. The standard InChI is InChI=1S/C25H22ClF3N4O3/c1-33-22-6-4-16(36-17-7-8-30-21(14-17)24(34)31-9-10-35-2)13-20(22)32-23(33)12-15-3-5-19(26)18(11-15)25(27,28)29/h3-8,11,13-14H,9-10,12H2,1-2H3,(H,31,34). The Morgan fingerprint density at radius 1 is 1.11 bits per heavy atom. The number of amides is 1. The van der Waals surface area contributed by atoms with Crippen molar-refractivity contribution in [1.29, 1.82) is 0 Å². The van der Waals surface area contributed by atoms with Gasteiger partial charge in [0.2, 0.25) is 0 Å². The molecule has 0 radical (unpaired) electrons. The molecule has 1 N–H and O–H groups in total. The number of carbonyl (C=O) groups excluding carboxylic acids is 1. The van der Waals surface area contributed by atoms with E-state index < -0.39 is 11.7 Å². The number of rotatable bonds is 8. The van der Waals surface area contributed by atoms with Gasteiger partial charge in [0.1, 0.15) is 23.0 Å². The SMILES string of the molecule is COCCNC(=O)c1cc(Oc2ccc3c(c2)nc(Cc2ccc(Cl)c(C(F)(F)F)c2)n3C)ccn1. The molecule has 11 heteroatoms. The second kappa shape index (κ2) is 10.5. The first-order chi connectivity index (χ1) is 17.2. The Balaban J connectivity index is 1.54. The van der Waals surface area contributed by atoms with Gasteiger partial charge in [0.15, 0.2) is 0 Å². The molecule has 2 aromatic carbocycles. The minimum absolute atomic E-state index is 0.188. The molecule has 0 aliphatic rings. The van der Waals surface area contributed by atoms with Crippen molar-refractivity contribution in [2.75, 3.05) is 20.3 Å². The molecule has 4 aromatic rings. The lowest BCUT2D eigenvalue weighted by molar-refractivity contribution is -0.137. The highest BCUT2D eigenvalue weighted by molar-refractivity contribution is 6.31. The van der Waals surface area contributed by atoms with Crippen molar-refractivity contribution in [3.63, 3.8) is 0 Å². The van der Waals surface area contributed by atoms with Gasteiger partial charge in [-0.3, -0.25) is 9.78 Å². The number of methoxy groups -OCH3 is 1. The number of alkyl halides is 3. The summed E-state index contributed by atoms with van der Waals surface area (Å²) in [5.74, 6) is 1.13. The second-order valence-electron chi connectivity index (χ2n) is 7.95. The van der Waals surface area contributed by atoms with Crippen LogP contribution in [-0.2, 0) is 24.4 Å². The average molecular weight is 519 g/mol. The van der Waals surface area contributed by atoms with Crippen LogP contribution in [0, 0.1) is 0 Å². The maximum Gasteiger partial charge on any atom is 0.417 e. The zero-order valence-electron chi connectivity index (χ0n) is 19.4. The molecule has 0 spiro atoms. The number of aryl methyl sites for hydroxylation is 1. The summed E-state index contributed by atoms with van der Waals surface area (Å²) in [6.07, 6.45) is -2.88. The first-order valence-electron chi connectivity index (χ1n) is 10.9. The lowest BCUT2D eigenvalue weighted by atomic mass is 10.1. The normalized spacial score (nSPS) is 11.6. The number of nitrogens with zero attached hydrogens (tertiary/aromatic N) is 3. The number of carbonyl (C=O) groups is 1. The lowest BCUT2D eigenvalue weighted by Gasteiger charge is -2.11. The Bertz CT molecular complexity index is 1410. The summed E-state index contributed by atoms with van der Waals surface area (Å²) in [7, 11) is 3.34. The molecule has 0 saturated heterocycles. The predicted molar refractivity (Wildman–Crippen MR) is 128 cm³/mol. The van der Waals surface area contributed by atoms with Crippen LogP contribution in [0.15, 0.2) is 54.7 Å². The fourth-order valence-corrected chi connectivity index (χ4v) is 3.85. The minimum Gasteiger partial charge on any atom is -0.457 e. The quantitative estimate of drug-likeness (QED) is 0.316. The van der Waals surface area contributed by atoms with Gasteiger partial charge >= 0.3 is 6.18 Å². The molecule has 188 valence electrons. The van der Waals surface area contributed by atoms with E-state index in [-0.39, 0.29) is 23.0 Å². The number of nitrogens with one attached hydrogen (secondary N) is 1. The van der Waals surface area contributed by atoms with E-state index in [1.54, 1.807) is 38.4 Å². The Labute approximate surface area is 209 Å². The summed E-state index contributed by atoms with van der Waals surface area (Å²) in [4.78, 5) is 20.9. The molecular weight excluding hydrogens is 497 g/mol. The Morgan fingerprint density at radius 3 is 2.64 bits per heavy atom. The highest BCUT2D eigenvalue weighted by atomic mass is 35.5. The molecule has 0 saturated carbocycles. The fourth-order valence-electron chi connectivity index (χ4n) is 3.63. The number of halogens is 4. The van der Waals surface area contributed by atoms with E-state index in [4.69, 9.17) is 21.1 Å². The maximum absolute atomic E-state index is 13.2. The smallest absolute Gasteiger partial charge is 0.417 e. The fraction of sp³-hybridized carbons (Fsp3) is 0.240. The van der Waals surface area contributed by atoms with Gasteiger partial charge in [0.05, 0.1) is 28.2 Å². The predicted octanol–water partition coefficient (Wildman–Crippen LogP) is 5.40. The Morgan fingerprint density at radius 2 is 1.89 bits per heavy atom. The van der Waals surface area contributed by atoms with Crippen LogP contribution in [0.4, 0.5) is 13.2 Å². The van der Waals surface area contributed by atoms with Gasteiger partial charge in [-0.25, -0.2) is 4.98 Å². The number of hydrogen-bond acceptors (Lipinski definition) is 5. The number of aromatic nitrogens is 3. The largest absolute Gasteiger partial charge is 0.457 e. The van der Waals surface area contributed by atoms with Gasteiger partial charge in [-0.05, 0) is 35.9 Å². The second-order valence-corrected chi connectivity index (χ2v) is 8.36. The van der Waals surface area contributed by atoms with E-state index in [1.165, 1.54) is 18.3 Å². The van der Waals surface area contributed by atoms with Crippen LogP contribution in [-0.4, -0.2) is 40.7 Å². The van der Waals surface area contributed by atoms with Crippen LogP contribution in [0.3, 0.4) is 0 Å². The van der Waals surface area contributed by atoms with Gasteiger partial charge in [0, 0.05) is 45.5 Å². The number of benzene rings is 2. The molecule has 7 nitrogen and oxygen atoms in total. The summed E-state index contributed by atoms with van der Waals surface area (Å²) in [5, 5.41) is 2.35. The molecule has 0 atom stereocenters. The molecule has 1 amide bonds. The van der Waals surface area contributed by atoms with Crippen LogP contribution < -0.4 is 10.1 Å². The van der Waals surface area contributed by atoms with Crippen molar-refractivity contribution in [3.05, 3.63) is 82.4 Å². The van der Waals surface area contributed by atoms with Crippen molar-refractivity contribution in [1.82, 2.24) is 19.9 Å². The van der Waals surface area contributed by atoms with E-state index in [0.29, 0.717) is 41.6 Å². The molecule has 4 rings (SSSR count). The van der Waals surface area contributed by atoms with Crippen molar-refractivity contribution >= 4 is 28.5 Å². The summed E-state index contributed by atoms with van der Waals surface area (Å²) in [5.41, 5.74) is 1.16. The molecule has 2 aromatic heterocycles. The van der Waals surface area contributed by atoms with Crippen LogP contribution in [0.2, 0.25) is 5.02 Å². The van der Waals surface area contributed by atoms with E-state index >= 15 is 0 Å². The summed E-state index contributed by atoms with van der Waals surface area (Å²) < 4.78 is 52.3. The zero-order valence-corrected chi connectivity index (χ0v) is 20.2. The highest BCUT2D eigenvalue weighted by Crippen LogP contribution is 2.35. The molecule has 0 bridgehead atoms. The van der Waals surface area contributed by atoms with Gasteiger partial charge in [-0.2, -0.15) is 13.2 Å². The van der Waals surface area contributed by atoms with Gasteiger partial charge in [-0.1, -0.05) is 17.7 Å². The molecule has 0 fully saturated rings. The van der Waals surface area contributed by atoms with Crippen LogP contribution in [0.5, 0.6) is 11.5 Å². The third-order valence-corrected chi connectivity index (χ3v) is 5.76. The third-order valence-electron chi connectivity index (χ3n) is 5.43. The summed E-state index contributed by atoms with van der Waals surface area (Å²) in [6.45, 7) is 0.740. The lowest BCUT2D eigenvalue weighted by Crippen LogP contribution is -2.27. The first kappa shape index (κ1) is 25.5. The van der Waals surface area contributed by atoms with Crippen molar-refractivity contribution < 1.29 is 27.4 Å². The van der Waals surface area contributed by atoms with Crippen molar-refractivity contribution in [2.24, 2.45) is 7.05 Å². The van der Waals surface area contributed by atoms with Gasteiger partial charge in [0.25, 0.3) is 5.91 Å². The van der Waals surface area contributed by atoms with Crippen LogP contribution in [0.25, 0.3) is 11.0 Å². The Hall–Kier alpha value is -3.63. The average Bonchev–Trinajstić information content (AvgIpc) is 3.14. The van der Waals surface area contributed by atoms with E-state index in [9.17, 15) is 18.0 Å². The molecule has 0 unspecified atom stereocenters. The number of hydrogen-bond donors (Lipinski definition) is 1. The molecule has 2 heterocycles. The first-order valence-corrected chi connectivity index (χ1v) is 11.3. The number of ether oxygens (including phenoxy) is 2. The van der Waals surface area contributed by atoms with Crippen molar-refractivity contribution in [3.8, 4) is 11.5 Å². The zero-order chi connectivity index (χ0) is 25.9. The third kappa shape index (κ3) is 5.77. The Kier molecular flexibility index (Phi) is 7.46. The monoisotopic (exact) mass is 518 g/mol. The molecule has 0 aliphatic carbocycles. The topological polar surface area (TPSA) is 78.3 Å². The van der Waals surface area contributed by atoms with E-state index in [2.05, 4.69) is 15.3 Å². The highest BCUT2D eigenvalue weighted by Gasteiger charge is 2.33. The van der Waals surface area contributed by atoms with E-state index in [1.807, 2.05) is 10.6 Å². The number of fused-ring (bicyclic) bond motifs is 1. The van der Waals surface area contributed by atoms with Crippen LogP contribution >= 0.6 is 11.6 Å². The molecule has 0 aliphatic heterocycles. The molecular formula is C25H22ClF3N4O3. The minimum atomic E-state index is -4.54. The van der Waals surface area contributed by atoms with Gasteiger partial charge in [-0.15, -0.1) is 0 Å². The maximum atomic E-state index is 13.2. The van der Waals surface area contributed by atoms with Crippen molar-refractivity contribution in [2.45, 2.75) is 12.6 Å². The number of imidazole rings is 1. The summed E-state index contributed by atoms with van der Waals surface area (Å²) in [6, 6.07) is 12.3. The van der Waals surface area contributed by atoms with Crippen LogP contribution in [0.1, 0.15) is 27.4 Å². The van der Waals surface area contributed by atoms with E-state index in [0.717, 1.165) is 11.6 Å². The molecule has 36 heavy (non-hydrogen) atoms. The number of pyridine rings is 1. The van der Waals surface area contributed by atoms with Gasteiger partial charge < -0.3 is 19.4 Å².